The Morgan fingerprint density at radius 2 is 2.20 bits per heavy atom. The van der Waals surface area contributed by atoms with Crippen molar-refractivity contribution < 1.29 is 9.50 Å². The minimum absolute atomic E-state index is 0.333. The van der Waals surface area contributed by atoms with Gasteiger partial charge in [-0.25, -0.2) is 0 Å². The molecule has 0 heterocycles. The number of hydrogen-bond acceptors (Lipinski definition) is 0. The summed E-state index contributed by atoms with van der Waals surface area (Å²) >= 11 is 4.49. The molecule has 0 bridgehead atoms. The summed E-state index contributed by atoms with van der Waals surface area (Å²) in [6.45, 7) is 0. The smallest absolute Gasteiger partial charge is 0.255 e. The summed E-state index contributed by atoms with van der Waals surface area (Å²) in [5, 5.41) is 8.96. The third-order valence-corrected chi connectivity index (χ3v) is 0.257. The first kappa shape index (κ1) is 4.76. The highest BCUT2D eigenvalue weighted by Gasteiger charge is 1.78. The predicted molar refractivity (Wildman–Crippen MR) is 15.7 cm³/mol. The SMILES string of the molecule is [O]C(F)=CCl. The fourth-order valence-electron chi connectivity index (χ4n) is 0. The standard InChI is InChI=1S/C2HClFO/c3-1-2(4)5/h1H. The summed E-state index contributed by atoms with van der Waals surface area (Å²) in [5.74, 6) is 0. The van der Waals surface area contributed by atoms with Crippen molar-refractivity contribution in [3.8, 4) is 0 Å². The molecule has 29 valence electrons. The molecule has 5 heavy (non-hydrogen) atoms. The second-order valence-corrected chi connectivity index (χ2v) is 0.631. The van der Waals surface area contributed by atoms with Crippen molar-refractivity contribution in [3.63, 3.8) is 0 Å². The fraction of sp³-hybridized carbons (Fsp3) is 0. The molecule has 0 aromatic heterocycles. The highest BCUT2D eigenvalue weighted by atomic mass is 35.5. The fourth-order valence-corrected chi connectivity index (χ4v) is 0. The Labute approximate surface area is 33.7 Å². The molecule has 0 N–H and O–H groups in total. The van der Waals surface area contributed by atoms with E-state index in [0.29, 0.717) is 5.54 Å². The molecule has 1 radical (unpaired) electrons. The van der Waals surface area contributed by atoms with Crippen LogP contribution < -0.4 is 0 Å². The number of halogens is 2. The molecule has 0 aliphatic carbocycles. The molecule has 0 amide bonds. The van der Waals surface area contributed by atoms with Crippen molar-refractivity contribution >= 4 is 11.6 Å². The lowest BCUT2D eigenvalue weighted by Crippen LogP contribution is -1.50. The topological polar surface area (TPSA) is 19.9 Å². The van der Waals surface area contributed by atoms with Gasteiger partial charge in [0.05, 0.1) is 5.54 Å². The zero-order valence-corrected chi connectivity index (χ0v) is 3.00. The zero-order valence-electron chi connectivity index (χ0n) is 2.24. The Balaban J connectivity index is 3.14. The molecule has 0 spiro atoms. The van der Waals surface area contributed by atoms with Crippen LogP contribution in [0.25, 0.3) is 0 Å². The molecule has 0 aliphatic rings. The van der Waals surface area contributed by atoms with Gasteiger partial charge in [-0.15, -0.1) is 0 Å². The van der Waals surface area contributed by atoms with Gasteiger partial charge in [0.15, 0.2) is 0 Å². The summed E-state index contributed by atoms with van der Waals surface area (Å²) in [7, 11) is 0. The van der Waals surface area contributed by atoms with Gasteiger partial charge in [0.2, 0.25) is 0 Å². The largest absolute Gasteiger partial charge is 0.336 e. The number of rotatable bonds is 0. The molecule has 1 nitrogen and oxygen atoms in total. The van der Waals surface area contributed by atoms with Crippen molar-refractivity contribution in [2.24, 2.45) is 0 Å². The van der Waals surface area contributed by atoms with Gasteiger partial charge in [-0.1, -0.05) is 11.6 Å². The monoisotopic (exact) mass is 95.0 g/mol. The first-order valence-corrected chi connectivity index (χ1v) is 1.34. The van der Waals surface area contributed by atoms with Crippen LogP contribution in [-0.2, 0) is 5.11 Å². The van der Waals surface area contributed by atoms with Crippen molar-refractivity contribution in [1.82, 2.24) is 0 Å². The van der Waals surface area contributed by atoms with Crippen LogP contribution in [0.15, 0.2) is 11.5 Å². The summed E-state index contributed by atoms with van der Waals surface area (Å²) in [4.78, 5) is 0. The van der Waals surface area contributed by atoms with Gasteiger partial charge in [0, 0.05) is 0 Å². The molecule has 0 fully saturated rings. The first-order valence-electron chi connectivity index (χ1n) is 0.900. The van der Waals surface area contributed by atoms with Crippen LogP contribution >= 0.6 is 11.6 Å². The second kappa shape index (κ2) is 2.03. The molecular formula is C2HClFO. The third-order valence-electron chi connectivity index (χ3n) is 0.0858. The Hall–Kier alpha value is -0.240. The van der Waals surface area contributed by atoms with Crippen LogP contribution in [0.5, 0.6) is 0 Å². The molecule has 0 rings (SSSR count). The van der Waals surface area contributed by atoms with Crippen molar-refractivity contribution in [2.75, 3.05) is 0 Å². The Morgan fingerprint density at radius 3 is 2.20 bits per heavy atom. The summed E-state index contributed by atoms with van der Waals surface area (Å²) in [6.07, 6.45) is 0. The molecule has 0 atom stereocenters. The second-order valence-electron chi connectivity index (χ2n) is 0.413. The number of hydrogen-bond donors (Lipinski definition) is 0. The lowest BCUT2D eigenvalue weighted by atomic mass is 11.1. The van der Waals surface area contributed by atoms with Gasteiger partial charge in [0.25, 0.3) is 0 Å². The molecule has 3 heteroatoms. The molecule has 0 aromatic rings. The van der Waals surface area contributed by atoms with E-state index < -0.39 is 6.01 Å². The van der Waals surface area contributed by atoms with E-state index in [1.54, 1.807) is 0 Å². The van der Waals surface area contributed by atoms with Crippen LogP contribution in [0, 0.1) is 0 Å². The quantitative estimate of drug-likeness (QED) is 0.406. The molecule has 0 aromatic carbocycles. The van der Waals surface area contributed by atoms with E-state index in [4.69, 9.17) is 5.11 Å². The Morgan fingerprint density at radius 1 is 2.00 bits per heavy atom. The summed E-state index contributed by atoms with van der Waals surface area (Å²) in [5.41, 5.74) is 0.333. The molecule has 0 aliphatic heterocycles. The van der Waals surface area contributed by atoms with Crippen molar-refractivity contribution in [2.45, 2.75) is 0 Å². The van der Waals surface area contributed by atoms with E-state index in [9.17, 15) is 4.39 Å². The maximum Gasteiger partial charge on any atom is 0.336 e. The Kier molecular flexibility index (Phi) is 1.93. The average Bonchev–Trinajstić information content (AvgIpc) is 1.38. The van der Waals surface area contributed by atoms with Gasteiger partial charge < -0.3 is 0 Å². The van der Waals surface area contributed by atoms with Crippen LogP contribution in [-0.4, -0.2) is 0 Å². The minimum Gasteiger partial charge on any atom is -0.255 e. The molecule has 0 saturated carbocycles. The maximum absolute atomic E-state index is 10.6. The van der Waals surface area contributed by atoms with Crippen molar-refractivity contribution in [1.29, 1.82) is 0 Å². The molecular weight excluding hydrogens is 94.5 g/mol. The highest BCUT2D eigenvalue weighted by Crippen LogP contribution is 1.89. The summed E-state index contributed by atoms with van der Waals surface area (Å²) < 4.78 is 10.6. The van der Waals surface area contributed by atoms with Gasteiger partial charge in [-0.2, -0.15) is 4.39 Å². The van der Waals surface area contributed by atoms with Gasteiger partial charge in [-0.3, -0.25) is 5.11 Å². The van der Waals surface area contributed by atoms with Crippen LogP contribution in [0.2, 0.25) is 0 Å². The highest BCUT2D eigenvalue weighted by molar-refractivity contribution is 6.25. The lowest BCUT2D eigenvalue weighted by molar-refractivity contribution is 0.200. The van der Waals surface area contributed by atoms with E-state index in [1.165, 1.54) is 0 Å². The molecule has 0 saturated heterocycles. The first-order chi connectivity index (χ1) is 2.27. The minimum atomic E-state index is -1.60. The van der Waals surface area contributed by atoms with Gasteiger partial charge in [-0.05, 0) is 0 Å². The van der Waals surface area contributed by atoms with Crippen LogP contribution in [0.1, 0.15) is 0 Å². The Bertz CT molecular complexity index is 47.6. The van der Waals surface area contributed by atoms with E-state index >= 15 is 0 Å². The van der Waals surface area contributed by atoms with Crippen LogP contribution in [0.3, 0.4) is 0 Å². The summed E-state index contributed by atoms with van der Waals surface area (Å²) in [6, 6.07) is -1.60. The van der Waals surface area contributed by atoms with Gasteiger partial charge >= 0.3 is 6.01 Å². The van der Waals surface area contributed by atoms with Crippen molar-refractivity contribution in [3.05, 3.63) is 11.5 Å². The lowest BCUT2D eigenvalue weighted by Gasteiger charge is -1.60. The molecule has 0 unspecified atom stereocenters. The average molecular weight is 95.5 g/mol. The van der Waals surface area contributed by atoms with E-state index in [-0.39, 0.29) is 0 Å². The maximum atomic E-state index is 10.6. The predicted octanol–water partition coefficient (Wildman–Crippen LogP) is 1.42. The normalized spacial score (nSPS) is 12.0. The van der Waals surface area contributed by atoms with Crippen LogP contribution in [0.4, 0.5) is 4.39 Å². The zero-order chi connectivity index (χ0) is 4.28. The van der Waals surface area contributed by atoms with E-state index in [1.807, 2.05) is 0 Å². The van der Waals surface area contributed by atoms with E-state index in [0.717, 1.165) is 0 Å². The van der Waals surface area contributed by atoms with Gasteiger partial charge in [0.1, 0.15) is 0 Å². The van der Waals surface area contributed by atoms with E-state index in [2.05, 4.69) is 11.6 Å². The third kappa shape index (κ3) is 3.76.